The fourth-order valence-corrected chi connectivity index (χ4v) is 4.09. The van der Waals surface area contributed by atoms with Gasteiger partial charge in [-0.2, -0.15) is 5.26 Å². The van der Waals surface area contributed by atoms with Gasteiger partial charge < -0.3 is 5.11 Å². The molecule has 3 aromatic rings. The summed E-state index contributed by atoms with van der Waals surface area (Å²) in [5.41, 5.74) is 1.48. The maximum Gasteiger partial charge on any atom is 0.300 e. The Kier molecular flexibility index (Phi) is 4.52. The zero-order valence-electron chi connectivity index (χ0n) is 14.6. The molecule has 136 valence electrons. The summed E-state index contributed by atoms with van der Waals surface area (Å²) in [6, 6.07) is 20.1. The van der Waals surface area contributed by atoms with Gasteiger partial charge in [0.05, 0.1) is 17.2 Å². The summed E-state index contributed by atoms with van der Waals surface area (Å²) in [5.74, 6) is -1.64. The lowest BCUT2D eigenvalue weighted by molar-refractivity contribution is -0.132. The first kappa shape index (κ1) is 17.7. The van der Waals surface area contributed by atoms with E-state index in [0.717, 1.165) is 4.88 Å². The van der Waals surface area contributed by atoms with Gasteiger partial charge in [0, 0.05) is 16.1 Å². The van der Waals surface area contributed by atoms with Crippen molar-refractivity contribution in [1.82, 2.24) is 0 Å². The van der Waals surface area contributed by atoms with Gasteiger partial charge in [-0.1, -0.05) is 36.4 Å². The minimum atomic E-state index is -0.732. The first-order valence-electron chi connectivity index (χ1n) is 8.52. The number of hydrogen-bond donors (Lipinski definition) is 1. The molecule has 0 aliphatic carbocycles. The normalized spacial score (nSPS) is 18.2. The van der Waals surface area contributed by atoms with Gasteiger partial charge >= 0.3 is 0 Å². The molecular formula is C22H14N2O3S. The Morgan fingerprint density at radius 1 is 1.00 bits per heavy atom. The van der Waals surface area contributed by atoms with E-state index in [1.807, 2.05) is 29.6 Å². The SMILES string of the molecule is N#Cc1ccc(N2C(=O)C(=O)/C(=C(\O)c3ccccc3)C2c2cccs2)cc1. The van der Waals surface area contributed by atoms with Gasteiger partial charge in [-0.25, -0.2) is 0 Å². The summed E-state index contributed by atoms with van der Waals surface area (Å²) in [4.78, 5) is 27.9. The number of nitrogens with zero attached hydrogens (tertiary/aromatic N) is 2. The van der Waals surface area contributed by atoms with Crippen molar-refractivity contribution in [3.8, 4) is 6.07 Å². The van der Waals surface area contributed by atoms with E-state index in [1.165, 1.54) is 16.2 Å². The molecular weight excluding hydrogens is 372 g/mol. The topological polar surface area (TPSA) is 81.4 Å². The Bertz CT molecular complexity index is 1110. The first-order valence-corrected chi connectivity index (χ1v) is 9.40. The van der Waals surface area contributed by atoms with Crippen molar-refractivity contribution in [3.63, 3.8) is 0 Å². The molecule has 1 aliphatic heterocycles. The minimum absolute atomic E-state index is 0.0583. The standard InChI is InChI=1S/C22H14N2O3S/c23-13-14-8-10-16(11-9-14)24-19(17-7-4-12-28-17)18(21(26)22(24)27)20(25)15-5-2-1-3-6-15/h1-12,19,25H/b20-18-. The number of carbonyl (C=O) groups excluding carboxylic acids is 2. The molecule has 1 fully saturated rings. The van der Waals surface area contributed by atoms with Gasteiger partial charge in [0.25, 0.3) is 11.7 Å². The average Bonchev–Trinajstić information content (AvgIpc) is 3.35. The van der Waals surface area contributed by atoms with Crippen LogP contribution >= 0.6 is 11.3 Å². The molecule has 1 aliphatic rings. The number of benzene rings is 2. The van der Waals surface area contributed by atoms with Crippen molar-refractivity contribution in [2.45, 2.75) is 6.04 Å². The fraction of sp³-hybridized carbons (Fsp3) is 0.0455. The molecule has 1 N–H and O–H groups in total. The Hall–Kier alpha value is -3.69. The number of aliphatic hydroxyl groups is 1. The van der Waals surface area contributed by atoms with Crippen LogP contribution in [0.2, 0.25) is 0 Å². The molecule has 1 amide bonds. The lowest BCUT2D eigenvalue weighted by atomic mass is 10.00. The highest BCUT2D eigenvalue weighted by Gasteiger charge is 2.47. The smallest absolute Gasteiger partial charge is 0.300 e. The molecule has 4 rings (SSSR count). The number of carbonyl (C=O) groups is 2. The van der Waals surface area contributed by atoms with Crippen LogP contribution in [0.15, 0.2) is 77.7 Å². The Labute approximate surface area is 165 Å². The Morgan fingerprint density at radius 2 is 1.71 bits per heavy atom. The zero-order valence-corrected chi connectivity index (χ0v) is 15.4. The summed E-state index contributed by atoms with van der Waals surface area (Å²) >= 11 is 1.40. The molecule has 28 heavy (non-hydrogen) atoms. The van der Waals surface area contributed by atoms with Crippen molar-refractivity contribution in [3.05, 3.63) is 93.7 Å². The number of rotatable bonds is 3. The predicted molar refractivity (Wildman–Crippen MR) is 107 cm³/mol. The minimum Gasteiger partial charge on any atom is -0.507 e. The second kappa shape index (κ2) is 7.14. The van der Waals surface area contributed by atoms with Crippen LogP contribution in [0.3, 0.4) is 0 Å². The van der Waals surface area contributed by atoms with Gasteiger partial charge in [0.2, 0.25) is 0 Å². The summed E-state index contributed by atoms with van der Waals surface area (Å²) in [5, 5.41) is 21.7. The van der Waals surface area contributed by atoms with E-state index in [-0.39, 0.29) is 11.3 Å². The van der Waals surface area contributed by atoms with E-state index < -0.39 is 17.7 Å². The van der Waals surface area contributed by atoms with Crippen LogP contribution < -0.4 is 4.90 Å². The van der Waals surface area contributed by atoms with Gasteiger partial charge in [-0.15, -0.1) is 11.3 Å². The molecule has 0 spiro atoms. The predicted octanol–water partition coefficient (Wildman–Crippen LogP) is 4.25. The first-order chi connectivity index (χ1) is 13.6. The van der Waals surface area contributed by atoms with E-state index in [2.05, 4.69) is 0 Å². The van der Waals surface area contributed by atoms with Crippen molar-refractivity contribution in [2.75, 3.05) is 4.90 Å². The number of aliphatic hydroxyl groups excluding tert-OH is 1. The average molecular weight is 386 g/mol. The molecule has 0 bridgehead atoms. The van der Waals surface area contributed by atoms with Gasteiger partial charge in [-0.3, -0.25) is 14.5 Å². The molecule has 1 unspecified atom stereocenters. The summed E-state index contributed by atoms with van der Waals surface area (Å²) in [7, 11) is 0. The molecule has 0 saturated carbocycles. The van der Waals surface area contributed by atoms with Crippen LogP contribution in [0.1, 0.15) is 22.0 Å². The molecule has 6 heteroatoms. The van der Waals surface area contributed by atoms with Crippen molar-refractivity contribution < 1.29 is 14.7 Å². The number of amides is 1. The lowest BCUT2D eigenvalue weighted by Gasteiger charge is -2.24. The number of hydrogen-bond acceptors (Lipinski definition) is 5. The van der Waals surface area contributed by atoms with E-state index in [0.29, 0.717) is 16.8 Å². The fourth-order valence-electron chi connectivity index (χ4n) is 3.26. The van der Waals surface area contributed by atoms with Gasteiger partial charge in [0.1, 0.15) is 11.8 Å². The van der Waals surface area contributed by atoms with Crippen LogP contribution in [-0.4, -0.2) is 16.8 Å². The highest BCUT2D eigenvalue weighted by Crippen LogP contribution is 2.43. The molecule has 0 radical (unpaired) electrons. The summed E-state index contributed by atoms with van der Waals surface area (Å²) in [6.07, 6.45) is 0. The van der Waals surface area contributed by atoms with Gasteiger partial charge in [0.15, 0.2) is 0 Å². The summed E-state index contributed by atoms with van der Waals surface area (Å²) in [6.45, 7) is 0. The molecule has 2 heterocycles. The van der Waals surface area contributed by atoms with E-state index >= 15 is 0 Å². The number of thiophene rings is 1. The third-order valence-corrected chi connectivity index (χ3v) is 5.50. The third kappa shape index (κ3) is 2.88. The third-order valence-electron chi connectivity index (χ3n) is 4.58. The second-order valence-electron chi connectivity index (χ2n) is 6.21. The Morgan fingerprint density at radius 3 is 2.32 bits per heavy atom. The number of ketones is 1. The van der Waals surface area contributed by atoms with E-state index in [4.69, 9.17) is 5.26 Å². The molecule has 5 nitrogen and oxygen atoms in total. The quantitative estimate of drug-likeness (QED) is 0.415. The maximum atomic E-state index is 12.9. The molecule has 1 aromatic heterocycles. The largest absolute Gasteiger partial charge is 0.507 e. The molecule has 1 atom stereocenters. The monoisotopic (exact) mass is 386 g/mol. The highest BCUT2D eigenvalue weighted by molar-refractivity contribution is 7.10. The number of anilines is 1. The van der Waals surface area contributed by atoms with Crippen LogP contribution in [0.25, 0.3) is 5.76 Å². The van der Waals surface area contributed by atoms with E-state index in [1.54, 1.807) is 48.5 Å². The zero-order chi connectivity index (χ0) is 19.7. The van der Waals surface area contributed by atoms with Crippen molar-refractivity contribution in [1.29, 1.82) is 5.26 Å². The van der Waals surface area contributed by atoms with Crippen LogP contribution in [-0.2, 0) is 9.59 Å². The molecule has 1 saturated heterocycles. The molecule has 2 aromatic carbocycles. The second-order valence-corrected chi connectivity index (χ2v) is 7.19. The lowest BCUT2D eigenvalue weighted by Crippen LogP contribution is -2.29. The van der Waals surface area contributed by atoms with Crippen LogP contribution in [0.5, 0.6) is 0 Å². The maximum absolute atomic E-state index is 12.9. The van der Waals surface area contributed by atoms with Crippen LogP contribution in [0, 0.1) is 11.3 Å². The van der Waals surface area contributed by atoms with Crippen molar-refractivity contribution in [2.24, 2.45) is 0 Å². The van der Waals surface area contributed by atoms with E-state index in [9.17, 15) is 14.7 Å². The van der Waals surface area contributed by atoms with Crippen molar-refractivity contribution >= 4 is 34.5 Å². The number of nitriles is 1. The highest BCUT2D eigenvalue weighted by atomic mass is 32.1. The summed E-state index contributed by atoms with van der Waals surface area (Å²) < 4.78 is 0. The Balaban J connectivity index is 1.91. The van der Waals surface area contributed by atoms with Crippen LogP contribution in [0.4, 0.5) is 5.69 Å². The number of Topliss-reactive ketones (excluding diaryl/α,β-unsaturated/α-hetero) is 1. The van der Waals surface area contributed by atoms with Gasteiger partial charge in [-0.05, 0) is 35.7 Å².